The molecule has 0 aliphatic carbocycles. The van der Waals surface area contributed by atoms with Crippen molar-refractivity contribution in [1.82, 2.24) is 15.2 Å². The Kier molecular flexibility index (Phi) is 3.58. The molecule has 0 radical (unpaired) electrons. The number of piperidine rings is 1. The van der Waals surface area contributed by atoms with Gasteiger partial charge in [0.15, 0.2) is 0 Å². The van der Waals surface area contributed by atoms with Gasteiger partial charge in [0, 0.05) is 41.9 Å². The second-order valence-corrected chi connectivity index (χ2v) is 7.74. The molecule has 2 aliphatic rings. The van der Waals surface area contributed by atoms with Crippen LogP contribution in [0.15, 0.2) is 42.0 Å². The molecule has 7 heteroatoms. The smallest absolute Gasteiger partial charge is 0.255 e. The lowest BCUT2D eigenvalue weighted by Crippen LogP contribution is -2.52. The van der Waals surface area contributed by atoms with Gasteiger partial charge in [-0.05, 0) is 35.1 Å². The summed E-state index contributed by atoms with van der Waals surface area (Å²) in [4.78, 5) is 42.4. The fraction of sp³-hybridized carbons (Fsp3) is 0.200. The number of fused-ring (bicyclic) bond motifs is 2. The molecule has 3 amide bonds. The van der Waals surface area contributed by atoms with Crippen molar-refractivity contribution in [3.8, 4) is 11.1 Å². The van der Waals surface area contributed by atoms with Crippen LogP contribution in [0.2, 0.25) is 0 Å². The Hall–Kier alpha value is -3.06. The topological polar surface area (TPSA) is 79.4 Å². The van der Waals surface area contributed by atoms with Gasteiger partial charge < -0.3 is 4.90 Å². The number of carbonyl (C=O) groups is 3. The maximum Gasteiger partial charge on any atom is 0.255 e. The number of nitrogens with one attached hydrogen (secondary N) is 1. The van der Waals surface area contributed by atoms with Crippen molar-refractivity contribution in [3.63, 3.8) is 0 Å². The van der Waals surface area contributed by atoms with Crippen molar-refractivity contribution in [3.05, 3.63) is 53.2 Å². The van der Waals surface area contributed by atoms with E-state index in [0.717, 1.165) is 26.8 Å². The first-order valence-corrected chi connectivity index (χ1v) is 9.59. The van der Waals surface area contributed by atoms with Crippen LogP contribution in [0.3, 0.4) is 0 Å². The van der Waals surface area contributed by atoms with Gasteiger partial charge in [-0.2, -0.15) is 0 Å². The average molecular weight is 377 g/mol. The van der Waals surface area contributed by atoms with E-state index in [1.807, 2.05) is 36.0 Å². The highest BCUT2D eigenvalue weighted by Gasteiger charge is 2.39. The molecule has 1 fully saturated rings. The summed E-state index contributed by atoms with van der Waals surface area (Å²) in [5.74, 6) is -0.828. The van der Waals surface area contributed by atoms with E-state index < -0.39 is 6.04 Å². The number of hydrogen-bond donors (Lipinski definition) is 1. The number of amides is 3. The molecule has 27 heavy (non-hydrogen) atoms. The van der Waals surface area contributed by atoms with Crippen molar-refractivity contribution in [2.24, 2.45) is 0 Å². The van der Waals surface area contributed by atoms with Gasteiger partial charge in [0.25, 0.3) is 5.91 Å². The molecular weight excluding hydrogens is 362 g/mol. The maximum absolute atomic E-state index is 13.0. The van der Waals surface area contributed by atoms with Gasteiger partial charge in [-0.25, -0.2) is 0 Å². The van der Waals surface area contributed by atoms with E-state index in [0.29, 0.717) is 18.5 Å². The molecule has 1 aromatic carbocycles. The van der Waals surface area contributed by atoms with Crippen LogP contribution in [0.5, 0.6) is 0 Å². The van der Waals surface area contributed by atoms with E-state index in [9.17, 15) is 14.4 Å². The molecular formula is C20H15N3O3S. The van der Waals surface area contributed by atoms with Gasteiger partial charge in [0.1, 0.15) is 6.04 Å². The van der Waals surface area contributed by atoms with Crippen LogP contribution in [-0.4, -0.2) is 33.6 Å². The molecule has 2 aliphatic heterocycles. The number of rotatable bonds is 2. The maximum atomic E-state index is 13.0. The van der Waals surface area contributed by atoms with Gasteiger partial charge in [0.05, 0.1) is 4.70 Å². The van der Waals surface area contributed by atoms with Gasteiger partial charge in [-0.3, -0.25) is 24.7 Å². The normalized spacial score (nSPS) is 19.5. The second-order valence-electron chi connectivity index (χ2n) is 6.79. The monoisotopic (exact) mass is 377 g/mol. The summed E-state index contributed by atoms with van der Waals surface area (Å²) in [5, 5.41) is 5.47. The predicted molar refractivity (Wildman–Crippen MR) is 101 cm³/mol. The largest absolute Gasteiger partial charge is 0.322 e. The molecule has 1 unspecified atom stereocenters. The van der Waals surface area contributed by atoms with E-state index in [1.54, 1.807) is 16.2 Å². The standard InChI is InChI=1S/C20H15N3O3S/c24-18-4-3-16(19(25)22-18)23-10-12-2-1-11(7-14(12)20(23)26)15-8-21-9-17-13(15)5-6-27-17/h1-2,5-9,16H,3-4,10H2,(H,22,24,25). The molecule has 1 saturated heterocycles. The predicted octanol–water partition coefficient (Wildman–Crippen LogP) is 2.72. The average Bonchev–Trinajstić information content (AvgIpc) is 3.26. The minimum atomic E-state index is -0.590. The van der Waals surface area contributed by atoms with Gasteiger partial charge in [0.2, 0.25) is 11.8 Å². The van der Waals surface area contributed by atoms with Gasteiger partial charge >= 0.3 is 0 Å². The van der Waals surface area contributed by atoms with Crippen molar-refractivity contribution in [2.45, 2.75) is 25.4 Å². The number of aromatic nitrogens is 1. The minimum absolute atomic E-state index is 0.160. The number of benzene rings is 1. The quantitative estimate of drug-likeness (QED) is 0.697. The lowest BCUT2D eigenvalue weighted by molar-refractivity contribution is -0.136. The van der Waals surface area contributed by atoms with E-state index >= 15 is 0 Å². The molecule has 0 bridgehead atoms. The third kappa shape index (κ3) is 2.54. The van der Waals surface area contributed by atoms with Crippen molar-refractivity contribution in [2.75, 3.05) is 0 Å². The highest BCUT2D eigenvalue weighted by molar-refractivity contribution is 7.17. The zero-order valence-corrected chi connectivity index (χ0v) is 15.1. The third-order valence-electron chi connectivity index (χ3n) is 5.22. The number of imide groups is 1. The zero-order chi connectivity index (χ0) is 18.5. The van der Waals surface area contributed by atoms with Crippen LogP contribution in [0.1, 0.15) is 28.8 Å². The molecule has 3 aromatic rings. The lowest BCUT2D eigenvalue weighted by Gasteiger charge is -2.29. The van der Waals surface area contributed by atoms with E-state index in [1.165, 1.54) is 0 Å². The van der Waals surface area contributed by atoms with E-state index in [-0.39, 0.29) is 24.1 Å². The number of carbonyl (C=O) groups excluding carboxylic acids is 3. The van der Waals surface area contributed by atoms with Crippen LogP contribution < -0.4 is 5.32 Å². The summed E-state index contributed by atoms with van der Waals surface area (Å²) in [6.07, 6.45) is 4.28. The molecule has 5 rings (SSSR count). The summed E-state index contributed by atoms with van der Waals surface area (Å²) in [7, 11) is 0. The number of nitrogens with zero attached hydrogens (tertiary/aromatic N) is 2. The Bertz CT molecular complexity index is 1120. The van der Waals surface area contributed by atoms with Crippen LogP contribution in [0, 0.1) is 0 Å². The first-order chi connectivity index (χ1) is 13.1. The summed E-state index contributed by atoms with van der Waals surface area (Å²) in [6.45, 7) is 0.391. The molecule has 4 heterocycles. The minimum Gasteiger partial charge on any atom is -0.322 e. The van der Waals surface area contributed by atoms with Crippen molar-refractivity contribution >= 4 is 39.1 Å². The molecule has 1 N–H and O–H groups in total. The van der Waals surface area contributed by atoms with Gasteiger partial charge in [-0.15, -0.1) is 11.3 Å². The molecule has 1 atom stereocenters. The van der Waals surface area contributed by atoms with Crippen LogP contribution in [0.25, 0.3) is 21.2 Å². The number of thiophene rings is 1. The Morgan fingerprint density at radius 1 is 1.11 bits per heavy atom. The fourth-order valence-corrected chi connectivity index (χ4v) is 4.62. The van der Waals surface area contributed by atoms with E-state index in [2.05, 4.69) is 16.4 Å². The Balaban J connectivity index is 1.51. The Labute approximate surface area is 158 Å². The highest BCUT2D eigenvalue weighted by Crippen LogP contribution is 2.34. The summed E-state index contributed by atoms with van der Waals surface area (Å²) in [5.41, 5.74) is 3.44. The summed E-state index contributed by atoms with van der Waals surface area (Å²) >= 11 is 1.63. The first kappa shape index (κ1) is 16.1. The highest BCUT2D eigenvalue weighted by atomic mass is 32.1. The molecule has 134 valence electrons. The third-order valence-corrected chi connectivity index (χ3v) is 6.07. The SMILES string of the molecule is O=C1CCC(N2Cc3ccc(-c4cncc5sccc45)cc3C2=O)C(=O)N1. The fourth-order valence-electron chi connectivity index (χ4n) is 3.84. The number of hydrogen-bond acceptors (Lipinski definition) is 5. The van der Waals surface area contributed by atoms with Crippen LogP contribution >= 0.6 is 11.3 Å². The second kappa shape index (κ2) is 5.99. The van der Waals surface area contributed by atoms with Gasteiger partial charge in [-0.1, -0.05) is 12.1 Å². The number of pyridine rings is 1. The van der Waals surface area contributed by atoms with Crippen LogP contribution in [-0.2, 0) is 16.1 Å². The van der Waals surface area contributed by atoms with E-state index in [4.69, 9.17) is 0 Å². The first-order valence-electron chi connectivity index (χ1n) is 8.71. The zero-order valence-electron chi connectivity index (χ0n) is 14.3. The van der Waals surface area contributed by atoms with Crippen LogP contribution in [0.4, 0.5) is 0 Å². The molecule has 2 aromatic heterocycles. The Morgan fingerprint density at radius 2 is 2.00 bits per heavy atom. The lowest BCUT2D eigenvalue weighted by atomic mass is 9.99. The summed E-state index contributed by atoms with van der Waals surface area (Å²) < 4.78 is 1.10. The summed E-state index contributed by atoms with van der Waals surface area (Å²) in [6, 6.07) is 7.29. The Morgan fingerprint density at radius 3 is 2.85 bits per heavy atom. The molecule has 6 nitrogen and oxygen atoms in total. The molecule has 0 saturated carbocycles. The van der Waals surface area contributed by atoms with Crippen molar-refractivity contribution in [1.29, 1.82) is 0 Å². The molecule has 0 spiro atoms. The van der Waals surface area contributed by atoms with Crippen molar-refractivity contribution < 1.29 is 14.4 Å².